The van der Waals surface area contributed by atoms with Gasteiger partial charge in [-0.25, -0.2) is 0 Å². The zero-order chi connectivity index (χ0) is 20.7. The van der Waals surface area contributed by atoms with Gasteiger partial charge in [-0.2, -0.15) is 0 Å². The van der Waals surface area contributed by atoms with Gasteiger partial charge in [-0.3, -0.25) is 9.59 Å². The second-order valence-electron chi connectivity index (χ2n) is 7.45. The minimum atomic E-state index is -0.405. The minimum absolute atomic E-state index is 0.0550. The van der Waals surface area contributed by atoms with Crippen molar-refractivity contribution in [3.8, 4) is 11.5 Å². The summed E-state index contributed by atoms with van der Waals surface area (Å²) in [7, 11) is 0. The molecule has 0 saturated carbocycles. The van der Waals surface area contributed by atoms with E-state index in [1.807, 2.05) is 55.5 Å². The largest absolute Gasteiger partial charge is 0.454 e. The standard InChI is InChI=1S/C24H20N2O4/c1-15-7-9-19-18(11-15)23(16-5-3-2-4-6-16)26(13-22(27)25-19)24(28)17-8-10-20-21(12-17)30-14-29-20/h2-12,23H,13-14H2,1H3,(H,25,27)/t23-/m0/s1. The number of hydrogen-bond acceptors (Lipinski definition) is 4. The van der Waals surface area contributed by atoms with Crippen LogP contribution in [0.1, 0.15) is 33.1 Å². The minimum Gasteiger partial charge on any atom is -0.454 e. The number of hydrogen-bond donors (Lipinski definition) is 1. The number of carbonyl (C=O) groups is 2. The van der Waals surface area contributed by atoms with Gasteiger partial charge in [0.2, 0.25) is 12.7 Å². The predicted molar refractivity (Wildman–Crippen MR) is 112 cm³/mol. The van der Waals surface area contributed by atoms with Crippen LogP contribution in [0, 0.1) is 6.92 Å². The van der Waals surface area contributed by atoms with Crippen molar-refractivity contribution in [3.05, 3.63) is 89.0 Å². The SMILES string of the molecule is Cc1ccc2c(c1)[C@H](c1ccccc1)N(C(=O)c1ccc3c(c1)OCO3)CC(=O)N2. The lowest BCUT2D eigenvalue weighted by atomic mass is 9.94. The molecule has 0 fully saturated rings. The number of rotatable bonds is 2. The van der Waals surface area contributed by atoms with E-state index in [4.69, 9.17) is 9.47 Å². The Labute approximate surface area is 174 Å². The summed E-state index contributed by atoms with van der Waals surface area (Å²) in [4.78, 5) is 27.9. The van der Waals surface area contributed by atoms with Crippen molar-refractivity contribution in [1.29, 1.82) is 0 Å². The van der Waals surface area contributed by atoms with E-state index in [1.54, 1.807) is 23.1 Å². The fraction of sp³-hybridized carbons (Fsp3) is 0.167. The number of amides is 2. The molecule has 6 nitrogen and oxygen atoms in total. The van der Waals surface area contributed by atoms with E-state index in [0.717, 1.165) is 22.4 Å². The molecule has 0 unspecified atom stereocenters. The van der Waals surface area contributed by atoms with Gasteiger partial charge in [0.25, 0.3) is 5.91 Å². The molecule has 2 aliphatic rings. The van der Waals surface area contributed by atoms with Crippen LogP contribution in [0.4, 0.5) is 5.69 Å². The zero-order valence-electron chi connectivity index (χ0n) is 16.4. The lowest BCUT2D eigenvalue weighted by Gasteiger charge is -2.31. The number of ether oxygens (including phenoxy) is 2. The maximum Gasteiger partial charge on any atom is 0.255 e. The van der Waals surface area contributed by atoms with Crippen LogP contribution in [-0.2, 0) is 4.79 Å². The van der Waals surface area contributed by atoms with Crippen molar-refractivity contribution in [2.45, 2.75) is 13.0 Å². The lowest BCUT2D eigenvalue weighted by Crippen LogP contribution is -2.39. The number of aryl methyl sites for hydroxylation is 1. The van der Waals surface area contributed by atoms with Crippen LogP contribution in [0.15, 0.2) is 66.7 Å². The molecular formula is C24H20N2O4. The Morgan fingerprint density at radius 3 is 2.63 bits per heavy atom. The van der Waals surface area contributed by atoms with Crippen LogP contribution < -0.4 is 14.8 Å². The summed E-state index contributed by atoms with van der Waals surface area (Å²) in [6, 6.07) is 20.3. The summed E-state index contributed by atoms with van der Waals surface area (Å²) < 4.78 is 10.8. The molecule has 0 aliphatic carbocycles. The molecule has 0 spiro atoms. The molecule has 2 amide bonds. The molecule has 30 heavy (non-hydrogen) atoms. The van der Waals surface area contributed by atoms with Crippen molar-refractivity contribution < 1.29 is 19.1 Å². The van der Waals surface area contributed by atoms with E-state index < -0.39 is 6.04 Å². The molecule has 3 aromatic carbocycles. The molecule has 0 aromatic heterocycles. The molecule has 0 bridgehead atoms. The third-order valence-electron chi connectivity index (χ3n) is 5.40. The number of fused-ring (bicyclic) bond motifs is 2. The molecular weight excluding hydrogens is 380 g/mol. The lowest BCUT2D eigenvalue weighted by molar-refractivity contribution is -0.117. The number of anilines is 1. The van der Waals surface area contributed by atoms with Crippen molar-refractivity contribution in [2.24, 2.45) is 0 Å². The highest BCUT2D eigenvalue weighted by Crippen LogP contribution is 2.38. The fourth-order valence-electron chi connectivity index (χ4n) is 4.01. The Hall–Kier alpha value is -3.80. The Bertz CT molecular complexity index is 1140. The zero-order valence-corrected chi connectivity index (χ0v) is 16.4. The molecule has 2 heterocycles. The highest BCUT2D eigenvalue weighted by atomic mass is 16.7. The average molecular weight is 400 g/mol. The van der Waals surface area contributed by atoms with E-state index in [9.17, 15) is 9.59 Å². The van der Waals surface area contributed by atoms with Crippen LogP contribution in [-0.4, -0.2) is 30.1 Å². The number of benzene rings is 3. The second kappa shape index (κ2) is 7.22. The van der Waals surface area contributed by atoms with Crippen molar-refractivity contribution in [3.63, 3.8) is 0 Å². The van der Waals surface area contributed by atoms with Gasteiger partial charge >= 0.3 is 0 Å². The molecule has 0 radical (unpaired) electrons. The molecule has 6 heteroatoms. The smallest absolute Gasteiger partial charge is 0.255 e. The molecule has 3 aromatic rings. The maximum atomic E-state index is 13.6. The fourth-order valence-corrected chi connectivity index (χ4v) is 4.01. The average Bonchev–Trinajstić information content (AvgIpc) is 3.17. The first-order valence-electron chi connectivity index (χ1n) is 9.76. The topological polar surface area (TPSA) is 67.9 Å². The van der Waals surface area contributed by atoms with Crippen LogP contribution in [0.2, 0.25) is 0 Å². The van der Waals surface area contributed by atoms with Gasteiger partial charge in [0.05, 0.1) is 6.04 Å². The van der Waals surface area contributed by atoms with Crippen LogP contribution in [0.3, 0.4) is 0 Å². The number of nitrogens with zero attached hydrogens (tertiary/aromatic N) is 1. The van der Waals surface area contributed by atoms with Gasteiger partial charge in [-0.05, 0) is 36.8 Å². The van der Waals surface area contributed by atoms with E-state index in [-0.39, 0.29) is 25.2 Å². The van der Waals surface area contributed by atoms with Crippen molar-refractivity contribution >= 4 is 17.5 Å². The number of nitrogens with one attached hydrogen (secondary N) is 1. The van der Waals surface area contributed by atoms with E-state index in [2.05, 4.69) is 5.32 Å². The Kier molecular flexibility index (Phi) is 4.39. The molecule has 1 atom stereocenters. The van der Waals surface area contributed by atoms with Gasteiger partial charge in [0, 0.05) is 16.8 Å². The summed E-state index contributed by atoms with van der Waals surface area (Å²) in [6.07, 6.45) is 0. The van der Waals surface area contributed by atoms with E-state index in [0.29, 0.717) is 17.1 Å². The van der Waals surface area contributed by atoms with Gasteiger partial charge in [-0.15, -0.1) is 0 Å². The van der Waals surface area contributed by atoms with E-state index in [1.165, 1.54) is 0 Å². The summed E-state index contributed by atoms with van der Waals surface area (Å²) in [5, 5.41) is 2.95. The summed E-state index contributed by atoms with van der Waals surface area (Å²) in [6.45, 7) is 2.08. The Balaban J connectivity index is 1.64. The Morgan fingerprint density at radius 1 is 1.00 bits per heavy atom. The third-order valence-corrected chi connectivity index (χ3v) is 5.40. The molecule has 5 rings (SSSR count). The molecule has 0 saturated heterocycles. The monoisotopic (exact) mass is 400 g/mol. The molecule has 2 aliphatic heterocycles. The van der Waals surface area contributed by atoms with Crippen molar-refractivity contribution in [1.82, 2.24) is 4.90 Å². The first-order valence-corrected chi connectivity index (χ1v) is 9.76. The number of carbonyl (C=O) groups excluding carboxylic acids is 2. The van der Waals surface area contributed by atoms with E-state index >= 15 is 0 Å². The normalized spacial score (nSPS) is 17.2. The predicted octanol–water partition coefficient (Wildman–Crippen LogP) is 3.91. The van der Waals surface area contributed by atoms with Crippen molar-refractivity contribution in [2.75, 3.05) is 18.7 Å². The second-order valence-corrected chi connectivity index (χ2v) is 7.45. The highest BCUT2D eigenvalue weighted by molar-refractivity contribution is 6.01. The van der Waals surface area contributed by atoms with Gasteiger partial charge in [0.15, 0.2) is 11.5 Å². The molecule has 1 N–H and O–H groups in total. The van der Waals surface area contributed by atoms with Crippen LogP contribution in [0.5, 0.6) is 11.5 Å². The first kappa shape index (κ1) is 18.2. The highest BCUT2D eigenvalue weighted by Gasteiger charge is 2.34. The Morgan fingerprint density at radius 2 is 1.80 bits per heavy atom. The van der Waals surface area contributed by atoms with Gasteiger partial charge in [-0.1, -0.05) is 48.0 Å². The quantitative estimate of drug-likeness (QED) is 0.708. The first-order chi connectivity index (χ1) is 14.6. The maximum absolute atomic E-state index is 13.6. The summed E-state index contributed by atoms with van der Waals surface area (Å²) in [5.74, 6) is 0.674. The third kappa shape index (κ3) is 3.16. The summed E-state index contributed by atoms with van der Waals surface area (Å²) in [5.41, 5.74) is 4.06. The molecule has 150 valence electrons. The van der Waals surface area contributed by atoms with Gasteiger partial charge < -0.3 is 19.7 Å². The van der Waals surface area contributed by atoms with Crippen LogP contribution >= 0.6 is 0 Å². The van der Waals surface area contributed by atoms with Gasteiger partial charge in [0.1, 0.15) is 6.54 Å². The van der Waals surface area contributed by atoms with Crippen LogP contribution in [0.25, 0.3) is 0 Å². The summed E-state index contributed by atoms with van der Waals surface area (Å²) >= 11 is 0.